The van der Waals surface area contributed by atoms with Gasteiger partial charge in [-0.05, 0) is 36.1 Å². The maximum absolute atomic E-state index is 5.30. The number of halogens is 1. The van der Waals surface area contributed by atoms with Gasteiger partial charge in [0.05, 0.1) is 13.2 Å². The van der Waals surface area contributed by atoms with Crippen LogP contribution in [0.1, 0.15) is 23.6 Å². The van der Waals surface area contributed by atoms with Crippen molar-refractivity contribution in [2.45, 2.75) is 18.9 Å². The first-order valence-electron chi connectivity index (χ1n) is 6.45. The number of methoxy groups -OCH3 is 1. The third-order valence-corrected chi connectivity index (χ3v) is 4.04. The van der Waals surface area contributed by atoms with E-state index < -0.39 is 0 Å². The van der Waals surface area contributed by atoms with Crippen LogP contribution in [0.25, 0.3) is 0 Å². The van der Waals surface area contributed by atoms with Crippen molar-refractivity contribution >= 4 is 21.6 Å². The highest BCUT2D eigenvalue weighted by Crippen LogP contribution is 2.35. The summed E-state index contributed by atoms with van der Waals surface area (Å²) in [6.07, 6.45) is 2.30. The van der Waals surface area contributed by atoms with Gasteiger partial charge in [-0.2, -0.15) is 0 Å². The lowest BCUT2D eigenvalue weighted by atomic mass is 10.1. The quantitative estimate of drug-likeness (QED) is 0.896. The fraction of sp³-hybridized carbons (Fsp3) is 0.250. The van der Waals surface area contributed by atoms with Crippen molar-refractivity contribution in [1.82, 2.24) is 0 Å². The smallest absolute Gasteiger partial charge is 0.122 e. The SMILES string of the molecule is COc1cc(Br)cc(NC2CCc3ccccc32)c1. The van der Waals surface area contributed by atoms with Crippen LogP contribution in [0.2, 0.25) is 0 Å². The Morgan fingerprint density at radius 1 is 1.21 bits per heavy atom. The van der Waals surface area contributed by atoms with Crippen molar-refractivity contribution in [1.29, 1.82) is 0 Å². The van der Waals surface area contributed by atoms with Gasteiger partial charge < -0.3 is 10.1 Å². The van der Waals surface area contributed by atoms with E-state index in [-0.39, 0.29) is 0 Å². The second kappa shape index (κ2) is 5.25. The van der Waals surface area contributed by atoms with Crippen LogP contribution in [-0.4, -0.2) is 7.11 Å². The third-order valence-electron chi connectivity index (χ3n) is 3.58. The summed E-state index contributed by atoms with van der Waals surface area (Å²) in [6, 6.07) is 15.1. The maximum Gasteiger partial charge on any atom is 0.122 e. The molecule has 0 saturated carbocycles. The standard InChI is InChI=1S/C16H16BrNO/c1-19-14-9-12(17)8-13(10-14)18-16-7-6-11-4-2-3-5-15(11)16/h2-5,8-10,16,18H,6-7H2,1H3. The van der Waals surface area contributed by atoms with Crippen LogP contribution in [0, 0.1) is 0 Å². The topological polar surface area (TPSA) is 21.3 Å². The van der Waals surface area contributed by atoms with Gasteiger partial charge in [-0.3, -0.25) is 0 Å². The molecular formula is C16H16BrNO. The van der Waals surface area contributed by atoms with Crippen molar-refractivity contribution in [3.05, 3.63) is 58.1 Å². The monoisotopic (exact) mass is 317 g/mol. The molecule has 0 spiro atoms. The molecule has 2 nitrogen and oxygen atoms in total. The lowest BCUT2D eigenvalue weighted by Gasteiger charge is -2.16. The summed E-state index contributed by atoms with van der Waals surface area (Å²) in [4.78, 5) is 0. The summed E-state index contributed by atoms with van der Waals surface area (Å²) in [5, 5.41) is 3.60. The van der Waals surface area contributed by atoms with Gasteiger partial charge in [0.1, 0.15) is 5.75 Å². The fourth-order valence-electron chi connectivity index (χ4n) is 2.67. The molecule has 0 aromatic heterocycles. The molecule has 1 aliphatic carbocycles. The molecule has 98 valence electrons. The van der Waals surface area contributed by atoms with Gasteiger partial charge in [0.15, 0.2) is 0 Å². The van der Waals surface area contributed by atoms with Crippen LogP contribution >= 0.6 is 15.9 Å². The number of anilines is 1. The Morgan fingerprint density at radius 2 is 2.05 bits per heavy atom. The lowest BCUT2D eigenvalue weighted by Crippen LogP contribution is -2.07. The fourth-order valence-corrected chi connectivity index (χ4v) is 3.14. The minimum absolute atomic E-state index is 0.398. The molecule has 0 bridgehead atoms. The second-order valence-corrected chi connectivity index (χ2v) is 5.73. The molecule has 0 aliphatic heterocycles. The Kier molecular flexibility index (Phi) is 3.47. The second-order valence-electron chi connectivity index (χ2n) is 4.81. The molecular weight excluding hydrogens is 302 g/mol. The Labute approximate surface area is 121 Å². The Balaban J connectivity index is 1.85. The van der Waals surface area contributed by atoms with Crippen molar-refractivity contribution in [3.8, 4) is 5.75 Å². The predicted octanol–water partition coefficient (Wildman–Crippen LogP) is 4.56. The van der Waals surface area contributed by atoms with Gasteiger partial charge in [0.25, 0.3) is 0 Å². The predicted molar refractivity (Wildman–Crippen MR) is 81.8 cm³/mol. The van der Waals surface area contributed by atoms with E-state index in [2.05, 4.69) is 51.6 Å². The molecule has 0 heterocycles. The number of nitrogens with one attached hydrogen (secondary N) is 1. The van der Waals surface area contributed by atoms with Gasteiger partial charge in [-0.1, -0.05) is 40.2 Å². The molecule has 0 radical (unpaired) electrons. The van der Waals surface area contributed by atoms with Gasteiger partial charge in [0, 0.05) is 16.2 Å². The molecule has 2 aromatic rings. The highest BCUT2D eigenvalue weighted by atomic mass is 79.9. The first-order valence-corrected chi connectivity index (χ1v) is 7.24. The molecule has 3 rings (SSSR count). The van der Waals surface area contributed by atoms with Crippen LogP contribution in [-0.2, 0) is 6.42 Å². The van der Waals surface area contributed by atoms with Gasteiger partial charge in [-0.15, -0.1) is 0 Å². The van der Waals surface area contributed by atoms with E-state index in [0.29, 0.717) is 6.04 Å². The van der Waals surface area contributed by atoms with E-state index in [4.69, 9.17) is 4.74 Å². The lowest BCUT2D eigenvalue weighted by molar-refractivity contribution is 0.414. The zero-order chi connectivity index (χ0) is 13.2. The highest BCUT2D eigenvalue weighted by Gasteiger charge is 2.21. The molecule has 1 N–H and O–H groups in total. The molecule has 0 saturated heterocycles. The summed E-state index contributed by atoms with van der Waals surface area (Å²) in [5.74, 6) is 0.864. The Hall–Kier alpha value is -1.48. The zero-order valence-electron chi connectivity index (χ0n) is 10.8. The molecule has 1 atom stereocenters. The van der Waals surface area contributed by atoms with Gasteiger partial charge in [-0.25, -0.2) is 0 Å². The third kappa shape index (κ3) is 2.61. The number of hydrogen-bond donors (Lipinski definition) is 1. The number of hydrogen-bond acceptors (Lipinski definition) is 2. The van der Waals surface area contributed by atoms with Gasteiger partial charge >= 0.3 is 0 Å². The van der Waals surface area contributed by atoms with Gasteiger partial charge in [0.2, 0.25) is 0 Å². The normalized spacial score (nSPS) is 17.1. The minimum atomic E-state index is 0.398. The van der Waals surface area contributed by atoms with E-state index in [1.807, 2.05) is 12.1 Å². The van der Waals surface area contributed by atoms with Crippen LogP contribution in [0.15, 0.2) is 46.9 Å². The van der Waals surface area contributed by atoms with E-state index in [1.165, 1.54) is 11.1 Å². The number of rotatable bonds is 3. The molecule has 19 heavy (non-hydrogen) atoms. The number of fused-ring (bicyclic) bond motifs is 1. The van der Waals surface area contributed by atoms with E-state index in [0.717, 1.165) is 28.8 Å². The van der Waals surface area contributed by atoms with Crippen molar-refractivity contribution in [2.75, 3.05) is 12.4 Å². The van der Waals surface area contributed by atoms with Crippen molar-refractivity contribution in [2.24, 2.45) is 0 Å². The summed E-state index contributed by atoms with van der Waals surface area (Å²) in [6.45, 7) is 0. The summed E-state index contributed by atoms with van der Waals surface area (Å²) in [7, 11) is 1.69. The molecule has 2 aromatic carbocycles. The number of benzene rings is 2. The zero-order valence-corrected chi connectivity index (χ0v) is 12.4. The number of aryl methyl sites for hydroxylation is 1. The maximum atomic E-state index is 5.30. The average molecular weight is 318 g/mol. The highest BCUT2D eigenvalue weighted by molar-refractivity contribution is 9.10. The van der Waals surface area contributed by atoms with Crippen LogP contribution in [0.5, 0.6) is 5.75 Å². The van der Waals surface area contributed by atoms with E-state index in [1.54, 1.807) is 7.11 Å². The van der Waals surface area contributed by atoms with Crippen molar-refractivity contribution in [3.63, 3.8) is 0 Å². The average Bonchev–Trinajstić information content (AvgIpc) is 2.82. The summed E-state index contributed by atoms with van der Waals surface area (Å²) >= 11 is 3.51. The molecule has 3 heteroatoms. The van der Waals surface area contributed by atoms with E-state index in [9.17, 15) is 0 Å². The molecule has 1 unspecified atom stereocenters. The van der Waals surface area contributed by atoms with Crippen LogP contribution < -0.4 is 10.1 Å². The number of ether oxygens (including phenoxy) is 1. The largest absolute Gasteiger partial charge is 0.497 e. The van der Waals surface area contributed by atoms with E-state index >= 15 is 0 Å². The minimum Gasteiger partial charge on any atom is -0.497 e. The molecule has 1 aliphatic rings. The van der Waals surface area contributed by atoms with Crippen molar-refractivity contribution < 1.29 is 4.74 Å². The summed E-state index contributed by atoms with van der Waals surface area (Å²) < 4.78 is 6.33. The van der Waals surface area contributed by atoms with Crippen LogP contribution in [0.3, 0.4) is 0 Å². The van der Waals surface area contributed by atoms with Crippen LogP contribution in [0.4, 0.5) is 5.69 Å². The molecule has 0 fully saturated rings. The first-order chi connectivity index (χ1) is 9.26. The Morgan fingerprint density at radius 3 is 2.89 bits per heavy atom. The summed E-state index contributed by atoms with van der Waals surface area (Å²) in [5.41, 5.74) is 3.97. The Bertz CT molecular complexity index is 597. The molecule has 0 amide bonds. The first kappa shape index (κ1) is 12.5.